The van der Waals surface area contributed by atoms with Gasteiger partial charge in [-0.15, -0.1) is 10.2 Å². The molecule has 7 nitrogen and oxygen atoms in total. The molecule has 1 saturated carbocycles. The van der Waals surface area contributed by atoms with Gasteiger partial charge < -0.3 is 9.42 Å². The van der Waals surface area contributed by atoms with Crippen LogP contribution in [0.1, 0.15) is 44.5 Å². The van der Waals surface area contributed by atoms with Crippen molar-refractivity contribution in [2.75, 3.05) is 18.0 Å². The average Bonchev–Trinajstić information content (AvgIpc) is 3.30. The molecular weight excluding hydrogens is 408 g/mol. The van der Waals surface area contributed by atoms with Gasteiger partial charge in [0.25, 0.3) is 0 Å². The lowest BCUT2D eigenvalue weighted by molar-refractivity contribution is 0.391. The molecule has 5 rings (SSSR count). The Balaban J connectivity index is 1.29. The molecule has 152 valence electrons. The maximum absolute atomic E-state index is 5.95. The Labute approximate surface area is 178 Å². The van der Waals surface area contributed by atoms with Crippen LogP contribution in [0, 0.1) is 5.92 Å². The molecule has 0 atom stereocenters. The number of hydrogen-bond donors (Lipinski definition) is 0. The fourth-order valence-corrected chi connectivity index (χ4v) is 4.56. The Morgan fingerprint density at radius 1 is 1.10 bits per heavy atom. The van der Waals surface area contributed by atoms with E-state index in [0.717, 1.165) is 35.7 Å². The lowest BCUT2D eigenvalue weighted by Crippen LogP contribution is -2.34. The van der Waals surface area contributed by atoms with Crippen LogP contribution in [0.4, 0.5) is 5.95 Å². The van der Waals surface area contributed by atoms with Crippen LogP contribution in [0.2, 0.25) is 5.02 Å². The fourth-order valence-electron chi connectivity index (χ4n) is 3.60. The number of piperidine rings is 1. The molecule has 1 aliphatic carbocycles. The van der Waals surface area contributed by atoms with E-state index in [1.54, 1.807) is 11.8 Å². The first-order valence-corrected chi connectivity index (χ1v) is 11.4. The first kappa shape index (κ1) is 18.9. The summed E-state index contributed by atoms with van der Waals surface area (Å²) in [4.78, 5) is 6.90. The highest BCUT2D eigenvalue weighted by Crippen LogP contribution is 2.42. The number of hydrogen-bond acceptors (Lipinski definition) is 7. The van der Waals surface area contributed by atoms with Gasteiger partial charge in [0.1, 0.15) is 0 Å². The Morgan fingerprint density at radius 2 is 1.86 bits per heavy atom. The van der Waals surface area contributed by atoms with Crippen LogP contribution in [0.15, 0.2) is 33.9 Å². The molecule has 1 aromatic carbocycles. The zero-order chi connectivity index (χ0) is 19.8. The summed E-state index contributed by atoms with van der Waals surface area (Å²) in [7, 11) is 0. The Bertz CT molecular complexity index is 975. The molecule has 1 saturated heterocycles. The normalized spacial score (nSPS) is 17.8. The zero-order valence-corrected chi connectivity index (χ0v) is 17.9. The molecule has 1 aliphatic heterocycles. The number of halogens is 1. The summed E-state index contributed by atoms with van der Waals surface area (Å²) in [5.41, 5.74) is 0.886. The second-order valence-corrected chi connectivity index (χ2v) is 9.24. The van der Waals surface area contributed by atoms with Crippen LogP contribution in [-0.2, 0) is 5.75 Å². The minimum absolute atomic E-state index is 0.522. The highest BCUT2D eigenvalue weighted by atomic mass is 35.5. The Hall–Kier alpha value is -2.06. The Kier molecular flexibility index (Phi) is 5.22. The van der Waals surface area contributed by atoms with E-state index in [9.17, 15) is 0 Å². The van der Waals surface area contributed by atoms with Gasteiger partial charge in [0, 0.05) is 29.7 Å². The zero-order valence-electron chi connectivity index (χ0n) is 16.3. The molecular formula is C20H23ClN6OS. The van der Waals surface area contributed by atoms with Crippen molar-refractivity contribution in [1.29, 1.82) is 0 Å². The van der Waals surface area contributed by atoms with Gasteiger partial charge >= 0.3 is 0 Å². The minimum Gasteiger partial charge on any atom is -0.341 e. The van der Waals surface area contributed by atoms with E-state index in [1.807, 2.05) is 24.3 Å². The SMILES string of the molecule is CC1CCN(c2nnc(SCc3nc(-c4ccc(Cl)cc4)no3)n2C2CC2)CC1. The van der Waals surface area contributed by atoms with Crippen LogP contribution in [0.3, 0.4) is 0 Å². The molecule has 0 radical (unpaired) electrons. The largest absolute Gasteiger partial charge is 0.341 e. The van der Waals surface area contributed by atoms with Gasteiger partial charge in [-0.25, -0.2) is 0 Å². The van der Waals surface area contributed by atoms with Crippen LogP contribution < -0.4 is 4.90 Å². The monoisotopic (exact) mass is 430 g/mol. The first-order chi connectivity index (χ1) is 14.2. The van der Waals surface area contributed by atoms with Crippen LogP contribution in [-0.4, -0.2) is 38.0 Å². The van der Waals surface area contributed by atoms with Gasteiger partial charge in [0.05, 0.1) is 5.75 Å². The summed E-state index contributed by atoms with van der Waals surface area (Å²) in [5, 5.41) is 14.7. The van der Waals surface area contributed by atoms with Crippen LogP contribution in [0.25, 0.3) is 11.4 Å². The fraction of sp³-hybridized carbons (Fsp3) is 0.500. The molecule has 2 fully saturated rings. The molecule has 29 heavy (non-hydrogen) atoms. The molecule has 3 heterocycles. The van der Waals surface area contributed by atoms with E-state index >= 15 is 0 Å². The summed E-state index contributed by atoms with van der Waals surface area (Å²) in [6.07, 6.45) is 4.83. The van der Waals surface area contributed by atoms with Gasteiger partial charge in [0.15, 0.2) is 5.16 Å². The molecule has 9 heteroatoms. The number of nitrogens with zero attached hydrogens (tertiary/aromatic N) is 6. The molecule has 0 unspecified atom stereocenters. The van der Waals surface area contributed by atoms with E-state index in [-0.39, 0.29) is 0 Å². The second kappa shape index (κ2) is 7.99. The molecule has 0 bridgehead atoms. The number of aromatic nitrogens is 5. The summed E-state index contributed by atoms with van der Waals surface area (Å²) in [6, 6.07) is 7.94. The highest BCUT2D eigenvalue weighted by molar-refractivity contribution is 7.98. The lowest BCUT2D eigenvalue weighted by atomic mass is 10.00. The van der Waals surface area contributed by atoms with Gasteiger partial charge in [0.2, 0.25) is 17.7 Å². The second-order valence-electron chi connectivity index (χ2n) is 7.86. The molecule has 2 aromatic heterocycles. The lowest BCUT2D eigenvalue weighted by Gasteiger charge is -2.31. The quantitative estimate of drug-likeness (QED) is 0.517. The van der Waals surface area contributed by atoms with Gasteiger partial charge in [-0.3, -0.25) is 4.57 Å². The van der Waals surface area contributed by atoms with Crippen molar-refractivity contribution in [3.63, 3.8) is 0 Å². The van der Waals surface area contributed by atoms with Crippen molar-refractivity contribution in [3.8, 4) is 11.4 Å². The van der Waals surface area contributed by atoms with Crippen molar-refractivity contribution in [3.05, 3.63) is 35.2 Å². The van der Waals surface area contributed by atoms with E-state index in [0.29, 0.717) is 28.5 Å². The summed E-state index contributed by atoms with van der Waals surface area (Å²) >= 11 is 7.56. The number of rotatable bonds is 6. The number of anilines is 1. The van der Waals surface area contributed by atoms with Gasteiger partial charge in [-0.2, -0.15) is 4.98 Å². The standard InChI is InChI=1S/C20H23ClN6OS/c1-13-8-10-26(11-9-13)19-23-24-20(27(19)16-6-7-16)29-12-17-22-18(25-28-17)14-2-4-15(21)5-3-14/h2-5,13,16H,6-12H2,1H3. The Morgan fingerprint density at radius 3 is 2.59 bits per heavy atom. The summed E-state index contributed by atoms with van der Waals surface area (Å²) in [6.45, 7) is 4.45. The van der Waals surface area contributed by atoms with Gasteiger partial charge in [-0.05, 0) is 55.9 Å². The summed E-state index contributed by atoms with van der Waals surface area (Å²) in [5.74, 6) is 3.55. The summed E-state index contributed by atoms with van der Waals surface area (Å²) < 4.78 is 7.76. The first-order valence-electron chi connectivity index (χ1n) is 10.1. The predicted octanol–water partition coefficient (Wildman–Crippen LogP) is 4.85. The molecule has 0 amide bonds. The highest BCUT2D eigenvalue weighted by Gasteiger charge is 2.32. The van der Waals surface area contributed by atoms with Crippen molar-refractivity contribution in [2.45, 2.75) is 49.6 Å². The number of benzene rings is 1. The van der Waals surface area contributed by atoms with Crippen molar-refractivity contribution in [2.24, 2.45) is 5.92 Å². The average molecular weight is 431 g/mol. The molecule has 0 N–H and O–H groups in total. The molecule has 2 aliphatic rings. The third-order valence-corrected chi connectivity index (χ3v) is 6.70. The van der Waals surface area contributed by atoms with Gasteiger partial charge in [-0.1, -0.05) is 35.4 Å². The van der Waals surface area contributed by atoms with Crippen molar-refractivity contribution < 1.29 is 4.52 Å². The molecule has 0 spiro atoms. The minimum atomic E-state index is 0.522. The predicted molar refractivity (Wildman–Crippen MR) is 113 cm³/mol. The smallest absolute Gasteiger partial charge is 0.237 e. The van der Waals surface area contributed by atoms with E-state index < -0.39 is 0 Å². The van der Waals surface area contributed by atoms with Crippen molar-refractivity contribution >= 4 is 29.3 Å². The maximum atomic E-state index is 5.95. The maximum Gasteiger partial charge on any atom is 0.237 e. The van der Waals surface area contributed by atoms with E-state index in [1.165, 1.54) is 25.7 Å². The van der Waals surface area contributed by atoms with E-state index in [4.69, 9.17) is 16.1 Å². The topological polar surface area (TPSA) is 72.9 Å². The van der Waals surface area contributed by atoms with Crippen LogP contribution >= 0.6 is 23.4 Å². The number of thioether (sulfide) groups is 1. The molecule has 3 aromatic rings. The third-order valence-electron chi connectivity index (χ3n) is 5.52. The van der Waals surface area contributed by atoms with Crippen molar-refractivity contribution in [1.82, 2.24) is 24.9 Å². The van der Waals surface area contributed by atoms with E-state index in [2.05, 4.69) is 36.7 Å². The third kappa shape index (κ3) is 4.14. The van der Waals surface area contributed by atoms with Crippen LogP contribution in [0.5, 0.6) is 0 Å².